The lowest BCUT2D eigenvalue weighted by Gasteiger charge is -2.20. The number of para-hydroxylation sites is 1. The van der Waals surface area contributed by atoms with Crippen LogP contribution in [0.3, 0.4) is 0 Å². The van der Waals surface area contributed by atoms with Crippen LogP contribution in [0, 0.1) is 0 Å². The first kappa shape index (κ1) is 22.1. The average molecular weight is 456 g/mol. The van der Waals surface area contributed by atoms with Crippen LogP contribution in [0.4, 0.5) is 18.9 Å². The first-order chi connectivity index (χ1) is 15.7. The number of aromatic nitrogens is 2. The van der Waals surface area contributed by atoms with Crippen LogP contribution in [0.5, 0.6) is 0 Å². The number of hydrogen-bond acceptors (Lipinski definition) is 5. The number of nitrogens with one attached hydrogen (secondary N) is 1. The zero-order chi connectivity index (χ0) is 23.6. The number of carbonyl (C=O) groups is 2. The molecule has 0 radical (unpaired) electrons. The summed E-state index contributed by atoms with van der Waals surface area (Å²) >= 11 is 0. The van der Waals surface area contributed by atoms with Gasteiger partial charge in [-0.1, -0.05) is 30.3 Å². The summed E-state index contributed by atoms with van der Waals surface area (Å²) in [6.45, 7) is 0.164. The summed E-state index contributed by atoms with van der Waals surface area (Å²) in [6, 6.07) is 15.6. The summed E-state index contributed by atoms with van der Waals surface area (Å²) in [4.78, 5) is 24.5. The molecule has 8 nitrogen and oxygen atoms in total. The fourth-order valence-electron chi connectivity index (χ4n) is 3.36. The van der Waals surface area contributed by atoms with E-state index in [1.54, 1.807) is 48.5 Å². The van der Waals surface area contributed by atoms with E-state index in [0.29, 0.717) is 11.4 Å². The number of hydrazone groups is 1. The van der Waals surface area contributed by atoms with Crippen LogP contribution in [0.15, 0.2) is 72.0 Å². The molecule has 3 aromatic rings. The average Bonchev–Trinajstić information content (AvgIpc) is 3.46. The van der Waals surface area contributed by atoms with Crippen molar-refractivity contribution in [3.05, 3.63) is 78.1 Å². The second kappa shape index (κ2) is 8.77. The third kappa shape index (κ3) is 4.86. The molecular formula is C22H19F3N6O2. The minimum Gasteiger partial charge on any atom is -0.368 e. The van der Waals surface area contributed by atoms with Crippen molar-refractivity contribution in [1.82, 2.24) is 15.1 Å². The number of alkyl halides is 3. The minimum absolute atomic E-state index is 0.0792. The standard InChI is InChI=1S/C22H19F3N6O2/c23-22(24,25)19-10-11-30(29-19)15-8-6-14(7-9-15)13-27-21(33)17-12-18(20(26)32)31(28-17)16-4-2-1-3-5-16/h1-11,18H,12-13H2,(H2,26,32)(H,27,33). The van der Waals surface area contributed by atoms with Crippen LogP contribution in [0.2, 0.25) is 0 Å². The maximum absolute atomic E-state index is 12.7. The smallest absolute Gasteiger partial charge is 0.368 e. The Morgan fingerprint density at radius 2 is 1.73 bits per heavy atom. The zero-order valence-electron chi connectivity index (χ0n) is 17.2. The third-order valence-electron chi connectivity index (χ3n) is 5.06. The molecule has 33 heavy (non-hydrogen) atoms. The molecule has 0 spiro atoms. The Kier molecular flexibility index (Phi) is 5.86. The second-order valence-corrected chi connectivity index (χ2v) is 7.34. The number of primary amides is 1. The molecule has 2 aromatic carbocycles. The van der Waals surface area contributed by atoms with Gasteiger partial charge in [-0.05, 0) is 35.9 Å². The predicted molar refractivity (Wildman–Crippen MR) is 114 cm³/mol. The maximum atomic E-state index is 12.7. The van der Waals surface area contributed by atoms with Gasteiger partial charge in [-0.3, -0.25) is 14.6 Å². The van der Waals surface area contributed by atoms with E-state index in [-0.39, 0.29) is 18.7 Å². The Balaban J connectivity index is 1.40. The summed E-state index contributed by atoms with van der Waals surface area (Å²) in [6.07, 6.45) is -3.20. The lowest BCUT2D eigenvalue weighted by atomic mass is 10.1. The van der Waals surface area contributed by atoms with Crippen LogP contribution in [0.1, 0.15) is 17.7 Å². The Morgan fingerprint density at radius 1 is 1.03 bits per heavy atom. The van der Waals surface area contributed by atoms with Gasteiger partial charge in [0.05, 0.1) is 11.4 Å². The first-order valence-electron chi connectivity index (χ1n) is 9.94. The minimum atomic E-state index is -4.51. The van der Waals surface area contributed by atoms with Crippen molar-refractivity contribution in [2.75, 3.05) is 5.01 Å². The quantitative estimate of drug-likeness (QED) is 0.595. The predicted octanol–water partition coefficient (Wildman–Crippen LogP) is 2.63. The molecule has 1 aromatic heterocycles. The molecule has 0 saturated carbocycles. The molecule has 0 aliphatic carbocycles. The molecule has 0 fully saturated rings. The highest BCUT2D eigenvalue weighted by atomic mass is 19.4. The molecular weight excluding hydrogens is 437 g/mol. The van der Waals surface area contributed by atoms with E-state index in [2.05, 4.69) is 15.5 Å². The van der Waals surface area contributed by atoms with Crippen LogP contribution in [0.25, 0.3) is 5.69 Å². The number of hydrogen-bond donors (Lipinski definition) is 2. The van der Waals surface area contributed by atoms with Gasteiger partial charge in [0, 0.05) is 19.2 Å². The molecule has 2 amide bonds. The van der Waals surface area contributed by atoms with E-state index < -0.39 is 29.7 Å². The molecule has 1 unspecified atom stereocenters. The maximum Gasteiger partial charge on any atom is 0.435 e. The van der Waals surface area contributed by atoms with Crippen molar-refractivity contribution in [3.8, 4) is 5.69 Å². The van der Waals surface area contributed by atoms with Gasteiger partial charge in [0.25, 0.3) is 5.91 Å². The summed E-state index contributed by atoms with van der Waals surface area (Å²) in [5.41, 5.74) is 6.50. The lowest BCUT2D eigenvalue weighted by molar-refractivity contribution is -0.141. The number of rotatable bonds is 6. The Labute approximate surface area is 186 Å². The molecule has 1 aliphatic rings. The Hall–Kier alpha value is -4.15. The number of halogens is 3. The van der Waals surface area contributed by atoms with Crippen molar-refractivity contribution in [1.29, 1.82) is 0 Å². The Morgan fingerprint density at radius 3 is 2.33 bits per heavy atom. The molecule has 2 heterocycles. The monoisotopic (exact) mass is 456 g/mol. The highest BCUT2D eigenvalue weighted by Crippen LogP contribution is 2.28. The summed E-state index contributed by atoms with van der Waals surface area (Å²) in [5.74, 6) is -1.03. The summed E-state index contributed by atoms with van der Waals surface area (Å²) in [5, 5.41) is 12.0. The fourth-order valence-corrected chi connectivity index (χ4v) is 3.36. The second-order valence-electron chi connectivity index (χ2n) is 7.34. The molecule has 3 N–H and O–H groups in total. The number of carbonyl (C=O) groups excluding carboxylic acids is 2. The fraction of sp³-hybridized carbons (Fsp3) is 0.182. The number of benzene rings is 2. The highest BCUT2D eigenvalue weighted by molar-refractivity contribution is 6.40. The molecule has 4 rings (SSSR count). The van der Waals surface area contributed by atoms with Crippen LogP contribution < -0.4 is 16.1 Å². The van der Waals surface area contributed by atoms with Crippen molar-refractivity contribution >= 4 is 23.2 Å². The van der Waals surface area contributed by atoms with Gasteiger partial charge >= 0.3 is 6.18 Å². The van der Waals surface area contributed by atoms with Gasteiger partial charge in [-0.2, -0.15) is 23.4 Å². The molecule has 0 saturated heterocycles. The Bertz CT molecular complexity index is 1190. The largest absolute Gasteiger partial charge is 0.435 e. The van der Waals surface area contributed by atoms with Gasteiger partial charge in [0.1, 0.15) is 11.8 Å². The van der Waals surface area contributed by atoms with Gasteiger partial charge in [-0.25, -0.2) is 4.68 Å². The van der Waals surface area contributed by atoms with E-state index >= 15 is 0 Å². The van der Waals surface area contributed by atoms with Crippen molar-refractivity contribution in [3.63, 3.8) is 0 Å². The first-order valence-corrected chi connectivity index (χ1v) is 9.94. The van der Waals surface area contributed by atoms with Crippen LogP contribution in [-0.4, -0.2) is 33.3 Å². The van der Waals surface area contributed by atoms with Gasteiger partial charge in [-0.15, -0.1) is 0 Å². The summed E-state index contributed by atoms with van der Waals surface area (Å²) in [7, 11) is 0. The topological polar surface area (TPSA) is 106 Å². The molecule has 1 atom stereocenters. The molecule has 0 bridgehead atoms. The van der Waals surface area contributed by atoms with E-state index in [9.17, 15) is 22.8 Å². The SMILES string of the molecule is NC(=O)C1CC(C(=O)NCc2ccc(-n3ccc(C(F)(F)F)n3)cc2)=NN1c1ccccc1. The van der Waals surface area contributed by atoms with Crippen LogP contribution >= 0.6 is 0 Å². The van der Waals surface area contributed by atoms with Crippen LogP contribution in [-0.2, 0) is 22.3 Å². The number of nitrogens with zero attached hydrogens (tertiary/aromatic N) is 4. The van der Waals surface area contributed by atoms with Crippen molar-refractivity contribution in [2.45, 2.75) is 25.2 Å². The molecule has 1 aliphatic heterocycles. The van der Waals surface area contributed by atoms with Crippen molar-refractivity contribution in [2.24, 2.45) is 10.8 Å². The van der Waals surface area contributed by atoms with Crippen molar-refractivity contribution < 1.29 is 22.8 Å². The highest BCUT2D eigenvalue weighted by Gasteiger charge is 2.35. The van der Waals surface area contributed by atoms with E-state index in [0.717, 1.165) is 16.3 Å². The van der Waals surface area contributed by atoms with E-state index in [1.807, 2.05) is 6.07 Å². The number of nitrogens with two attached hydrogens (primary N) is 1. The van der Waals surface area contributed by atoms with Gasteiger partial charge in [0.2, 0.25) is 5.91 Å². The van der Waals surface area contributed by atoms with E-state index in [1.165, 1.54) is 11.2 Å². The lowest BCUT2D eigenvalue weighted by Crippen LogP contribution is -2.39. The third-order valence-corrected chi connectivity index (χ3v) is 5.06. The van der Waals surface area contributed by atoms with Gasteiger partial charge < -0.3 is 11.1 Å². The normalized spacial score (nSPS) is 15.9. The van der Waals surface area contributed by atoms with Gasteiger partial charge in [0.15, 0.2) is 5.69 Å². The molecule has 170 valence electrons. The number of amides is 2. The molecule has 11 heteroatoms. The summed E-state index contributed by atoms with van der Waals surface area (Å²) < 4.78 is 39.3. The van der Waals surface area contributed by atoms with E-state index in [4.69, 9.17) is 5.73 Å². The number of anilines is 1. The zero-order valence-corrected chi connectivity index (χ0v) is 17.2.